The van der Waals surface area contributed by atoms with Crippen molar-refractivity contribution in [1.82, 2.24) is 10.2 Å². The maximum Gasteiger partial charge on any atom is 0.233 e. The van der Waals surface area contributed by atoms with Crippen molar-refractivity contribution in [2.24, 2.45) is 5.92 Å². The lowest BCUT2D eigenvalue weighted by Crippen LogP contribution is -2.62. The summed E-state index contributed by atoms with van der Waals surface area (Å²) in [4.78, 5) is 27.3. The second-order valence-electron chi connectivity index (χ2n) is 10.9. The van der Waals surface area contributed by atoms with Gasteiger partial charge in [0.25, 0.3) is 0 Å². The molecule has 182 valence electrons. The summed E-state index contributed by atoms with van der Waals surface area (Å²) in [5, 5.41) is 3.65. The minimum Gasteiger partial charge on any atom is -0.307 e. The molecule has 2 saturated heterocycles. The van der Waals surface area contributed by atoms with Crippen LogP contribution in [0.5, 0.6) is 0 Å². The van der Waals surface area contributed by atoms with Gasteiger partial charge in [-0.2, -0.15) is 0 Å². The highest BCUT2D eigenvalue weighted by molar-refractivity contribution is 6.03. The molecule has 4 nitrogen and oxygen atoms in total. The smallest absolute Gasteiger partial charge is 0.233 e. The van der Waals surface area contributed by atoms with E-state index in [1.54, 1.807) is 4.90 Å². The van der Waals surface area contributed by atoms with Gasteiger partial charge in [0, 0.05) is 29.5 Å². The Hall–Kier alpha value is -0.900. The zero-order valence-corrected chi connectivity index (χ0v) is 21.8. The van der Waals surface area contributed by atoms with E-state index in [0.29, 0.717) is 6.42 Å². The molecule has 0 aromatic carbocycles. The van der Waals surface area contributed by atoms with Crippen molar-refractivity contribution in [2.75, 3.05) is 0 Å². The average Bonchev–Trinajstić information content (AvgIpc) is 2.96. The van der Waals surface area contributed by atoms with Gasteiger partial charge in [0.2, 0.25) is 11.8 Å². The number of imide groups is 1. The maximum absolute atomic E-state index is 13.0. The van der Waals surface area contributed by atoms with Crippen molar-refractivity contribution in [2.45, 2.75) is 155 Å². The number of carbonyl (C=O) groups excluding carboxylic acids is 2. The summed E-state index contributed by atoms with van der Waals surface area (Å²) in [6, 6.07) is 0.0407. The first kappa shape index (κ1) is 28.1. The lowest BCUT2D eigenvalue weighted by atomic mass is 9.79. The highest BCUT2D eigenvalue weighted by atomic mass is 16.2. The Morgan fingerprint density at radius 3 is 1.74 bits per heavy atom. The van der Waals surface area contributed by atoms with Gasteiger partial charge in [0.1, 0.15) is 0 Å². The van der Waals surface area contributed by atoms with E-state index in [0.717, 1.165) is 25.7 Å². The van der Waals surface area contributed by atoms with Gasteiger partial charge in [0.15, 0.2) is 0 Å². The van der Waals surface area contributed by atoms with E-state index in [-0.39, 0.29) is 34.9 Å². The van der Waals surface area contributed by atoms with Crippen LogP contribution < -0.4 is 5.32 Å². The van der Waals surface area contributed by atoms with Crippen molar-refractivity contribution >= 4 is 11.8 Å². The van der Waals surface area contributed by atoms with Crippen LogP contribution in [0.4, 0.5) is 0 Å². The van der Waals surface area contributed by atoms with Gasteiger partial charge in [-0.1, -0.05) is 85.0 Å². The van der Waals surface area contributed by atoms with Crippen molar-refractivity contribution < 1.29 is 9.59 Å². The standard InChI is InChI=1S/C25H46N2O2.C2H6/c1-6-7-8-9-10-11-12-13-14-15-16-20-17-22(28)27(23(20)29)21-18-24(2,3)26-25(4,5)19-21;1-2/h20-21,26H,6-19H2,1-5H3;1-2H3. The number of piperidine rings is 1. The molecule has 0 spiro atoms. The van der Waals surface area contributed by atoms with Gasteiger partial charge < -0.3 is 5.32 Å². The van der Waals surface area contributed by atoms with Crippen molar-refractivity contribution in [1.29, 1.82) is 0 Å². The van der Waals surface area contributed by atoms with Gasteiger partial charge in [-0.25, -0.2) is 0 Å². The van der Waals surface area contributed by atoms with Crippen molar-refractivity contribution in [3.8, 4) is 0 Å². The van der Waals surface area contributed by atoms with Crippen LogP contribution in [0.15, 0.2) is 0 Å². The summed E-state index contributed by atoms with van der Waals surface area (Å²) < 4.78 is 0. The molecule has 2 fully saturated rings. The van der Waals surface area contributed by atoms with Gasteiger partial charge in [0.05, 0.1) is 0 Å². The molecule has 0 saturated carbocycles. The number of rotatable bonds is 12. The first-order valence-electron chi connectivity index (χ1n) is 13.3. The van der Waals surface area contributed by atoms with Crippen LogP contribution in [0.3, 0.4) is 0 Å². The van der Waals surface area contributed by atoms with Crippen LogP contribution >= 0.6 is 0 Å². The summed E-state index contributed by atoms with van der Waals surface area (Å²) in [5.74, 6) is 0.0904. The topological polar surface area (TPSA) is 49.4 Å². The second kappa shape index (κ2) is 13.6. The van der Waals surface area contributed by atoms with Gasteiger partial charge in [-0.3, -0.25) is 14.5 Å². The first-order valence-corrected chi connectivity index (χ1v) is 13.3. The van der Waals surface area contributed by atoms with Gasteiger partial charge >= 0.3 is 0 Å². The van der Waals surface area contributed by atoms with Gasteiger partial charge in [-0.05, 0) is 47.0 Å². The highest BCUT2D eigenvalue weighted by Crippen LogP contribution is 2.36. The van der Waals surface area contributed by atoms with Gasteiger partial charge in [-0.15, -0.1) is 0 Å². The number of nitrogens with zero attached hydrogens (tertiary/aromatic N) is 1. The lowest BCUT2D eigenvalue weighted by molar-refractivity contribution is -0.144. The fourth-order valence-electron chi connectivity index (χ4n) is 5.65. The van der Waals surface area contributed by atoms with E-state index in [9.17, 15) is 9.59 Å². The number of likely N-dealkylation sites (tertiary alicyclic amines) is 1. The molecule has 4 heteroatoms. The third kappa shape index (κ3) is 9.63. The number of amides is 2. The Balaban J connectivity index is 0.00000233. The van der Waals surface area contributed by atoms with Crippen LogP contribution in [0.1, 0.15) is 138 Å². The van der Waals surface area contributed by atoms with Crippen LogP contribution in [0.2, 0.25) is 0 Å². The summed E-state index contributed by atoms with van der Waals surface area (Å²) in [7, 11) is 0. The molecule has 2 rings (SSSR count). The number of hydrogen-bond donors (Lipinski definition) is 1. The normalized spacial score (nSPS) is 23.1. The third-order valence-electron chi connectivity index (χ3n) is 6.72. The van der Waals surface area contributed by atoms with Crippen LogP contribution in [0.25, 0.3) is 0 Å². The van der Waals surface area contributed by atoms with E-state index in [1.165, 1.54) is 57.8 Å². The molecule has 1 atom stereocenters. The predicted molar refractivity (Wildman–Crippen MR) is 132 cm³/mol. The number of unbranched alkanes of at least 4 members (excludes halogenated alkanes) is 9. The Morgan fingerprint density at radius 1 is 0.806 bits per heavy atom. The maximum atomic E-state index is 13.0. The van der Waals surface area contributed by atoms with E-state index in [2.05, 4.69) is 39.9 Å². The summed E-state index contributed by atoms with van der Waals surface area (Å²) in [6.45, 7) is 15.0. The number of nitrogens with one attached hydrogen (secondary N) is 1. The molecule has 2 aliphatic rings. The molecular formula is C27H52N2O2. The molecule has 2 aliphatic heterocycles. The van der Waals surface area contributed by atoms with E-state index < -0.39 is 0 Å². The molecule has 0 radical (unpaired) electrons. The lowest BCUT2D eigenvalue weighted by Gasteiger charge is -2.48. The third-order valence-corrected chi connectivity index (χ3v) is 6.72. The molecule has 0 aliphatic carbocycles. The van der Waals surface area contributed by atoms with Crippen LogP contribution in [0, 0.1) is 5.92 Å². The Bertz CT molecular complexity index is 525. The minimum atomic E-state index is -0.0716. The van der Waals surface area contributed by atoms with Crippen molar-refractivity contribution in [3.05, 3.63) is 0 Å². The fourth-order valence-corrected chi connectivity index (χ4v) is 5.65. The molecule has 1 N–H and O–H groups in total. The average molecular weight is 437 g/mol. The monoisotopic (exact) mass is 436 g/mol. The molecular weight excluding hydrogens is 384 g/mol. The molecule has 0 bridgehead atoms. The molecule has 1 unspecified atom stereocenters. The Labute approximate surface area is 193 Å². The second-order valence-corrected chi connectivity index (χ2v) is 10.9. The molecule has 31 heavy (non-hydrogen) atoms. The Kier molecular flexibility index (Phi) is 12.3. The Morgan fingerprint density at radius 2 is 1.26 bits per heavy atom. The van der Waals surface area contributed by atoms with Crippen LogP contribution in [-0.2, 0) is 9.59 Å². The van der Waals surface area contributed by atoms with E-state index >= 15 is 0 Å². The first-order chi connectivity index (χ1) is 14.7. The largest absolute Gasteiger partial charge is 0.307 e. The quantitative estimate of drug-likeness (QED) is 0.264. The zero-order chi connectivity index (χ0) is 23.5. The van der Waals surface area contributed by atoms with Crippen LogP contribution in [-0.4, -0.2) is 33.8 Å². The molecule has 0 aromatic heterocycles. The summed E-state index contributed by atoms with van der Waals surface area (Å²) >= 11 is 0. The highest BCUT2D eigenvalue weighted by Gasteiger charge is 2.47. The SMILES string of the molecule is CC.CCCCCCCCCCCCC1CC(=O)N(C2CC(C)(C)NC(C)(C)C2)C1=O. The summed E-state index contributed by atoms with van der Waals surface area (Å²) in [6.07, 6.45) is 16.0. The summed E-state index contributed by atoms with van der Waals surface area (Å²) in [5.41, 5.74) is -0.108. The molecule has 2 heterocycles. The zero-order valence-electron chi connectivity index (χ0n) is 21.8. The van der Waals surface area contributed by atoms with E-state index in [1.807, 2.05) is 13.8 Å². The van der Waals surface area contributed by atoms with Crippen molar-refractivity contribution in [3.63, 3.8) is 0 Å². The molecule has 0 aromatic rings. The fraction of sp³-hybridized carbons (Fsp3) is 0.926. The molecule has 2 amide bonds. The number of carbonyl (C=O) groups is 2. The minimum absolute atomic E-state index is 0.0407. The number of hydrogen-bond acceptors (Lipinski definition) is 3. The predicted octanol–water partition coefficient (Wildman–Crippen LogP) is 7.01. The van der Waals surface area contributed by atoms with E-state index in [4.69, 9.17) is 0 Å².